The summed E-state index contributed by atoms with van der Waals surface area (Å²) < 4.78 is 5.43. The molecule has 7 heteroatoms. The monoisotopic (exact) mass is 372 g/mol. The molecule has 0 aliphatic carbocycles. The number of nitrogens with one attached hydrogen (secondary N) is 1. The average molecular weight is 372 g/mol. The number of rotatable bonds is 3. The molecule has 146 valence electrons. The van der Waals surface area contributed by atoms with Crippen LogP contribution in [0.25, 0.3) is 11.0 Å². The van der Waals surface area contributed by atoms with Crippen LogP contribution in [0.15, 0.2) is 23.1 Å². The number of hydrogen-bond acceptors (Lipinski definition) is 5. The molecule has 0 saturated carbocycles. The number of ether oxygens (including phenoxy) is 1. The number of nitrogens with zero attached hydrogens (tertiary/aromatic N) is 3. The lowest BCUT2D eigenvalue weighted by atomic mass is 10.1. The number of piperazine rings is 1. The largest absolute Gasteiger partial charge is 0.444 e. The molecule has 7 nitrogen and oxygen atoms in total. The van der Waals surface area contributed by atoms with E-state index in [2.05, 4.69) is 14.9 Å². The molecule has 3 rings (SSSR count). The summed E-state index contributed by atoms with van der Waals surface area (Å²) in [6.45, 7) is 11.2. The molecular formula is C20H28N4O3. The van der Waals surface area contributed by atoms with E-state index in [1.807, 2.05) is 46.0 Å². The van der Waals surface area contributed by atoms with Gasteiger partial charge < -0.3 is 14.6 Å². The number of amides is 1. The summed E-state index contributed by atoms with van der Waals surface area (Å²) in [5.74, 6) is 0. The third-order valence-electron chi connectivity index (χ3n) is 4.64. The van der Waals surface area contributed by atoms with Gasteiger partial charge in [-0.1, -0.05) is 6.92 Å². The van der Waals surface area contributed by atoms with Crippen molar-refractivity contribution < 1.29 is 9.53 Å². The van der Waals surface area contributed by atoms with Crippen LogP contribution in [-0.2, 0) is 17.7 Å². The molecule has 0 bridgehead atoms. The number of hydrogen-bond donors (Lipinski definition) is 1. The molecule has 0 unspecified atom stereocenters. The highest BCUT2D eigenvalue weighted by atomic mass is 16.6. The number of H-pyrrole nitrogens is 1. The van der Waals surface area contributed by atoms with Gasteiger partial charge in [0.05, 0.1) is 11.0 Å². The highest BCUT2D eigenvalue weighted by Crippen LogP contribution is 2.15. The van der Waals surface area contributed by atoms with Crippen LogP contribution in [0.5, 0.6) is 0 Å². The number of aryl methyl sites for hydroxylation is 1. The highest BCUT2D eigenvalue weighted by molar-refractivity contribution is 5.74. The van der Waals surface area contributed by atoms with Crippen molar-refractivity contribution in [3.05, 3.63) is 39.8 Å². The summed E-state index contributed by atoms with van der Waals surface area (Å²) in [4.78, 5) is 35.6. The minimum absolute atomic E-state index is 0.0464. The molecule has 1 saturated heterocycles. The van der Waals surface area contributed by atoms with Gasteiger partial charge in [0.25, 0.3) is 5.56 Å². The normalized spacial score (nSPS) is 15.9. The van der Waals surface area contributed by atoms with Crippen molar-refractivity contribution in [1.82, 2.24) is 19.8 Å². The molecule has 0 aromatic carbocycles. The summed E-state index contributed by atoms with van der Waals surface area (Å²) in [6, 6.07) is 3.85. The first-order valence-electron chi connectivity index (χ1n) is 9.46. The zero-order chi connectivity index (χ0) is 19.6. The second kappa shape index (κ2) is 7.68. The van der Waals surface area contributed by atoms with Gasteiger partial charge in [-0.15, -0.1) is 0 Å². The Bertz CT molecular complexity index is 877. The first-order valence-corrected chi connectivity index (χ1v) is 9.46. The SMILES string of the molecule is CCc1cc2ncc(CN3CCN(C(=O)OC(C)(C)C)CC3)cc2[nH]c1=O. The number of aromatic nitrogens is 2. The molecule has 1 aliphatic heterocycles. The fraction of sp³-hybridized carbons (Fsp3) is 0.550. The van der Waals surface area contributed by atoms with Gasteiger partial charge in [-0.2, -0.15) is 0 Å². The Kier molecular flexibility index (Phi) is 5.51. The van der Waals surface area contributed by atoms with E-state index in [0.29, 0.717) is 19.5 Å². The summed E-state index contributed by atoms with van der Waals surface area (Å²) in [5.41, 5.74) is 2.86. The number of carbonyl (C=O) groups excluding carboxylic acids is 1. The van der Waals surface area contributed by atoms with Gasteiger partial charge in [0.2, 0.25) is 0 Å². The standard InChI is InChI=1S/C20H28N4O3/c1-5-15-11-16-17(22-18(15)25)10-14(12-21-16)13-23-6-8-24(9-7-23)19(26)27-20(2,3)4/h10-12H,5-9,13H2,1-4H3,(H,22,25). The zero-order valence-electron chi connectivity index (χ0n) is 16.5. The maximum atomic E-state index is 12.2. The van der Waals surface area contributed by atoms with E-state index in [1.165, 1.54) is 0 Å². The molecule has 1 aliphatic rings. The summed E-state index contributed by atoms with van der Waals surface area (Å²) in [7, 11) is 0. The average Bonchev–Trinajstić information content (AvgIpc) is 2.60. The first-order chi connectivity index (χ1) is 12.7. The van der Waals surface area contributed by atoms with Crippen molar-refractivity contribution in [2.45, 2.75) is 46.3 Å². The third-order valence-corrected chi connectivity index (χ3v) is 4.64. The van der Waals surface area contributed by atoms with Crippen LogP contribution in [0.3, 0.4) is 0 Å². The number of carbonyl (C=O) groups is 1. The molecular weight excluding hydrogens is 344 g/mol. The third kappa shape index (κ3) is 4.86. The van der Waals surface area contributed by atoms with E-state index in [-0.39, 0.29) is 11.7 Å². The zero-order valence-corrected chi connectivity index (χ0v) is 16.5. The second-order valence-electron chi connectivity index (χ2n) is 8.00. The molecule has 1 N–H and O–H groups in total. The lowest BCUT2D eigenvalue weighted by Crippen LogP contribution is -2.49. The fourth-order valence-electron chi connectivity index (χ4n) is 3.19. The van der Waals surface area contributed by atoms with Crippen LogP contribution in [0.1, 0.15) is 38.8 Å². The molecule has 27 heavy (non-hydrogen) atoms. The van der Waals surface area contributed by atoms with Gasteiger partial charge in [-0.05, 0) is 44.9 Å². The Morgan fingerprint density at radius 1 is 1.22 bits per heavy atom. The molecule has 1 fully saturated rings. The second-order valence-corrected chi connectivity index (χ2v) is 8.00. The van der Waals surface area contributed by atoms with Gasteiger partial charge in [-0.25, -0.2) is 4.79 Å². The van der Waals surface area contributed by atoms with Crippen LogP contribution >= 0.6 is 0 Å². The van der Waals surface area contributed by atoms with Crippen LogP contribution in [0, 0.1) is 0 Å². The molecule has 2 aromatic heterocycles. The van der Waals surface area contributed by atoms with Crippen molar-refractivity contribution in [2.24, 2.45) is 0 Å². The van der Waals surface area contributed by atoms with Gasteiger partial charge >= 0.3 is 6.09 Å². The predicted molar refractivity (Wildman–Crippen MR) is 105 cm³/mol. The number of aromatic amines is 1. The fourth-order valence-corrected chi connectivity index (χ4v) is 3.19. The lowest BCUT2D eigenvalue weighted by Gasteiger charge is -2.35. The maximum Gasteiger partial charge on any atom is 0.410 e. The summed E-state index contributed by atoms with van der Waals surface area (Å²) >= 11 is 0. The van der Waals surface area contributed by atoms with Crippen LogP contribution in [0.2, 0.25) is 0 Å². The minimum atomic E-state index is -0.473. The van der Waals surface area contributed by atoms with Crippen molar-refractivity contribution >= 4 is 17.1 Å². The molecule has 3 heterocycles. The van der Waals surface area contributed by atoms with Gasteiger partial charge in [0.1, 0.15) is 5.60 Å². The van der Waals surface area contributed by atoms with E-state index in [9.17, 15) is 9.59 Å². The van der Waals surface area contributed by atoms with Crippen molar-refractivity contribution in [3.63, 3.8) is 0 Å². The smallest absolute Gasteiger partial charge is 0.410 e. The van der Waals surface area contributed by atoms with E-state index in [1.54, 1.807) is 4.90 Å². The first kappa shape index (κ1) is 19.4. The van der Waals surface area contributed by atoms with Gasteiger partial charge in [0, 0.05) is 44.5 Å². The highest BCUT2D eigenvalue weighted by Gasteiger charge is 2.25. The van der Waals surface area contributed by atoms with Crippen molar-refractivity contribution in [2.75, 3.05) is 26.2 Å². The minimum Gasteiger partial charge on any atom is -0.444 e. The molecule has 2 aromatic rings. The van der Waals surface area contributed by atoms with Crippen LogP contribution < -0.4 is 5.56 Å². The predicted octanol–water partition coefficient (Wildman–Crippen LogP) is 2.54. The molecule has 0 spiro atoms. The number of pyridine rings is 2. The van der Waals surface area contributed by atoms with Crippen molar-refractivity contribution in [3.8, 4) is 0 Å². The Morgan fingerprint density at radius 3 is 2.56 bits per heavy atom. The molecule has 0 atom stereocenters. The summed E-state index contributed by atoms with van der Waals surface area (Å²) in [6.07, 6.45) is 2.30. The Balaban J connectivity index is 1.62. The van der Waals surface area contributed by atoms with E-state index in [0.717, 1.165) is 41.8 Å². The Hall–Kier alpha value is -2.41. The van der Waals surface area contributed by atoms with E-state index >= 15 is 0 Å². The van der Waals surface area contributed by atoms with E-state index < -0.39 is 5.60 Å². The van der Waals surface area contributed by atoms with Gasteiger partial charge in [0.15, 0.2) is 0 Å². The van der Waals surface area contributed by atoms with Crippen LogP contribution in [-0.4, -0.2) is 57.6 Å². The molecule has 0 radical (unpaired) electrons. The maximum absolute atomic E-state index is 12.2. The number of fused-ring (bicyclic) bond motifs is 1. The Labute approximate surface area is 159 Å². The summed E-state index contributed by atoms with van der Waals surface area (Å²) in [5, 5.41) is 0. The van der Waals surface area contributed by atoms with Crippen LogP contribution in [0.4, 0.5) is 4.79 Å². The van der Waals surface area contributed by atoms with E-state index in [4.69, 9.17) is 4.74 Å². The lowest BCUT2D eigenvalue weighted by molar-refractivity contribution is 0.0139. The van der Waals surface area contributed by atoms with Crippen molar-refractivity contribution in [1.29, 1.82) is 0 Å². The topological polar surface area (TPSA) is 78.5 Å². The Morgan fingerprint density at radius 2 is 1.93 bits per heavy atom. The quantitative estimate of drug-likeness (QED) is 0.896. The van der Waals surface area contributed by atoms with Gasteiger partial charge in [-0.3, -0.25) is 14.7 Å². The molecule has 1 amide bonds.